The van der Waals surface area contributed by atoms with Gasteiger partial charge < -0.3 is 15.6 Å². The summed E-state index contributed by atoms with van der Waals surface area (Å²) in [7, 11) is 0. The molecule has 0 unspecified atom stereocenters. The number of benzene rings is 2. The second-order valence-corrected chi connectivity index (χ2v) is 6.67. The quantitative estimate of drug-likeness (QED) is 0.651. The third-order valence-electron chi connectivity index (χ3n) is 4.94. The molecule has 6 heteroatoms. The van der Waals surface area contributed by atoms with Crippen molar-refractivity contribution < 1.29 is 0 Å². The van der Waals surface area contributed by atoms with Crippen molar-refractivity contribution in [2.24, 2.45) is 9.98 Å². The molecule has 1 aromatic heterocycles. The molecule has 134 valence electrons. The molecule has 5 nitrogen and oxygen atoms in total. The summed E-state index contributed by atoms with van der Waals surface area (Å²) >= 11 is 0. The van der Waals surface area contributed by atoms with Crippen LogP contribution in [0.5, 0.6) is 0 Å². The van der Waals surface area contributed by atoms with Crippen LogP contribution in [0.3, 0.4) is 0 Å². The van der Waals surface area contributed by atoms with Gasteiger partial charge in [-0.3, -0.25) is 9.98 Å². The highest BCUT2D eigenvalue weighted by molar-refractivity contribution is 6.13. The van der Waals surface area contributed by atoms with Gasteiger partial charge in [-0.2, -0.15) is 0 Å². The maximum atomic E-state index is 4.63. The van der Waals surface area contributed by atoms with Crippen molar-refractivity contribution in [3.8, 4) is 0 Å². The number of rotatable bonds is 2. The molecule has 0 spiro atoms. The molecule has 0 amide bonds. The standard InChI is InChI=1S/C20H21N5.ClH/c1-7-21-19(22-8-1)13-3-5-17-15(11-13)16-12-14(4-6-18(16)25-17)20-23-9-2-10-24-20;/h3-6,11-12,25H,1-2,7-10H2,(H,21,22)(H,23,24);1H. The van der Waals surface area contributed by atoms with Crippen molar-refractivity contribution in [3.05, 3.63) is 47.5 Å². The topological polar surface area (TPSA) is 64.6 Å². The number of H-pyrrole nitrogens is 1. The van der Waals surface area contributed by atoms with Gasteiger partial charge in [0.1, 0.15) is 11.7 Å². The third-order valence-corrected chi connectivity index (χ3v) is 4.94. The molecule has 0 radical (unpaired) electrons. The summed E-state index contributed by atoms with van der Waals surface area (Å²) in [4.78, 5) is 12.8. The zero-order valence-electron chi connectivity index (χ0n) is 14.5. The molecule has 0 fully saturated rings. The number of hydrogen-bond donors (Lipinski definition) is 3. The maximum absolute atomic E-state index is 4.63. The Morgan fingerprint density at radius 3 is 1.62 bits per heavy atom. The van der Waals surface area contributed by atoms with Gasteiger partial charge in [0.15, 0.2) is 0 Å². The van der Waals surface area contributed by atoms with Crippen LogP contribution in [0.15, 0.2) is 46.4 Å². The predicted molar refractivity (Wildman–Crippen MR) is 111 cm³/mol. The highest BCUT2D eigenvalue weighted by Crippen LogP contribution is 2.27. The van der Waals surface area contributed by atoms with Crippen molar-refractivity contribution in [3.63, 3.8) is 0 Å². The first-order valence-corrected chi connectivity index (χ1v) is 9.01. The summed E-state index contributed by atoms with van der Waals surface area (Å²) in [5.74, 6) is 2.02. The molecular formula is C20H22ClN5. The monoisotopic (exact) mass is 367 g/mol. The summed E-state index contributed by atoms with van der Waals surface area (Å²) < 4.78 is 0. The number of amidine groups is 2. The number of halogens is 1. The van der Waals surface area contributed by atoms with Crippen LogP contribution in [0.4, 0.5) is 0 Å². The number of aliphatic imine (C=N–C) groups is 2. The zero-order chi connectivity index (χ0) is 16.6. The highest BCUT2D eigenvalue weighted by Gasteiger charge is 2.13. The summed E-state index contributed by atoms with van der Waals surface area (Å²) in [6.45, 7) is 3.81. The minimum absolute atomic E-state index is 0. The molecule has 0 bridgehead atoms. The highest BCUT2D eigenvalue weighted by atomic mass is 35.5. The van der Waals surface area contributed by atoms with E-state index in [1.807, 2.05) is 0 Å². The Bertz CT molecular complexity index is 937. The Morgan fingerprint density at radius 2 is 1.19 bits per heavy atom. The molecule has 2 aliphatic rings. The van der Waals surface area contributed by atoms with Crippen molar-refractivity contribution in [2.45, 2.75) is 12.8 Å². The SMILES string of the molecule is Cl.c1cc2[nH]c3ccc(C4=NCCCN4)cc3c2cc1C1=NCCCN1. The van der Waals surface area contributed by atoms with Gasteiger partial charge in [-0.25, -0.2) is 0 Å². The van der Waals surface area contributed by atoms with E-state index in [0.29, 0.717) is 0 Å². The molecule has 5 rings (SSSR count). The lowest BCUT2D eigenvalue weighted by Crippen LogP contribution is -2.30. The minimum Gasteiger partial charge on any atom is -0.370 e. The number of aromatic nitrogens is 1. The molecule has 2 aromatic carbocycles. The fourth-order valence-corrected chi connectivity index (χ4v) is 3.64. The van der Waals surface area contributed by atoms with E-state index in [2.05, 4.69) is 62.0 Å². The van der Waals surface area contributed by atoms with E-state index < -0.39 is 0 Å². The Balaban J connectivity index is 0.00000168. The number of nitrogens with zero attached hydrogens (tertiary/aromatic N) is 2. The van der Waals surface area contributed by atoms with Crippen LogP contribution in [0, 0.1) is 0 Å². The number of fused-ring (bicyclic) bond motifs is 3. The van der Waals surface area contributed by atoms with Gasteiger partial charge in [-0.1, -0.05) is 0 Å². The maximum Gasteiger partial charge on any atom is 0.128 e. The first kappa shape index (κ1) is 16.9. The van der Waals surface area contributed by atoms with Gasteiger partial charge in [-0.15, -0.1) is 12.4 Å². The lowest BCUT2D eigenvalue weighted by atomic mass is 10.1. The van der Waals surface area contributed by atoms with Crippen molar-refractivity contribution in [1.82, 2.24) is 15.6 Å². The van der Waals surface area contributed by atoms with Crippen molar-refractivity contribution in [1.29, 1.82) is 0 Å². The molecule has 3 N–H and O–H groups in total. The Labute approximate surface area is 158 Å². The summed E-state index contributed by atoms with van der Waals surface area (Å²) in [5.41, 5.74) is 4.63. The van der Waals surface area contributed by atoms with E-state index in [-0.39, 0.29) is 12.4 Å². The third kappa shape index (κ3) is 2.92. The van der Waals surface area contributed by atoms with E-state index in [9.17, 15) is 0 Å². The molecule has 3 aromatic rings. The van der Waals surface area contributed by atoms with E-state index >= 15 is 0 Å². The Kier molecular flexibility index (Phi) is 4.55. The molecule has 0 aliphatic carbocycles. The zero-order valence-corrected chi connectivity index (χ0v) is 15.3. The first-order valence-electron chi connectivity index (χ1n) is 9.01. The van der Waals surface area contributed by atoms with Crippen LogP contribution >= 0.6 is 12.4 Å². The fourth-order valence-electron chi connectivity index (χ4n) is 3.64. The number of nitrogens with one attached hydrogen (secondary N) is 3. The van der Waals surface area contributed by atoms with Gasteiger partial charge in [-0.05, 0) is 49.2 Å². The van der Waals surface area contributed by atoms with Crippen LogP contribution in [0.2, 0.25) is 0 Å². The minimum atomic E-state index is 0. The second-order valence-electron chi connectivity index (χ2n) is 6.67. The van der Waals surface area contributed by atoms with Crippen LogP contribution < -0.4 is 10.6 Å². The van der Waals surface area contributed by atoms with E-state index in [0.717, 1.165) is 72.9 Å². The number of aromatic amines is 1. The summed E-state index contributed by atoms with van der Waals surface area (Å²) in [6.07, 6.45) is 2.22. The fraction of sp³-hybridized carbons (Fsp3) is 0.300. The average molecular weight is 368 g/mol. The van der Waals surface area contributed by atoms with Crippen LogP contribution in [-0.4, -0.2) is 42.8 Å². The predicted octanol–water partition coefficient (Wildman–Crippen LogP) is 3.22. The molecule has 0 saturated carbocycles. The van der Waals surface area contributed by atoms with Crippen molar-refractivity contribution >= 4 is 45.9 Å². The molecule has 0 saturated heterocycles. The van der Waals surface area contributed by atoms with Crippen LogP contribution in [0.1, 0.15) is 24.0 Å². The van der Waals surface area contributed by atoms with E-state index in [1.54, 1.807) is 0 Å². The van der Waals surface area contributed by atoms with Crippen LogP contribution in [-0.2, 0) is 0 Å². The van der Waals surface area contributed by atoms with Gasteiger partial charge in [0.2, 0.25) is 0 Å². The van der Waals surface area contributed by atoms with Crippen molar-refractivity contribution in [2.75, 3.05) is 26.2 Å². The molecule has 3 heterocycles. The van der Waals surface area contributed by atoms with Gasteiger partial charge in [0.25, 0.3) is 0 Å². The van der Waals surface area contributed by atoms with E-state index in [4.69, 9.17) is 0 Å². The first-order chi connectivity index (χ1) is 12.4. The number of hydrogen-bond acceptors (Lipinski definition) is 4. The lowest BCUT2D eigenvalue weighted by Gasteiger charge is -2.15. The average Bonchev–Trinajstić information content (AvgIpc) is 3.06. The van der Waals surface area contributed by atoms with Gasteiger partial charge in [0, 0.05) is 59.1 Å². The Morgan fingerprint density at radius 1 is 0.692 bits per heavy atom. The molecular weight excluding hydrogens is 346 g/mol. The molecule has 26 heavy (non-hydrogen) atoms. The molecule has 2 aliphatic heterocycles. The molecule has 0 atom stereocenters. The largest absolute Gasteiger partial charge is 0.370 e. The summed E-state index contributed by atoms with van der Waals surface area (Å²) in [6, 6.07) is 13.1. The normalized spacial score (nSPS) is 17.1. The van der Waals surface area contributed by atoms with Gasteiger partial charge in [0.05, 0.1) is 0 Å². The lowest BCUT2D eigenvalue weighted by molar-refractivity contribution is 0.742. The second kappa shape index (κ2) is 7.00. The van der Waals surface area contributed by atoms with Gasteiger partial charge >= 0.3 is 0 Å². The van der Waals surface area contributed by atoms with E-state index in [1.165, 1.54) is 10.8 Å². The Hall–Kier alpha value is -2.53. The smallest absolute Gasteiger partial charge is 0.128 e. The summed E-state index contributed by atoms with van der Waals surface area (Å²) in [5, 5.41) is 9.30. The van der Waals surface area contributed by atoms with Crippen LogP contribution in [0.25, 0.3) is 21.8 Å².